The second-order valence-corrected chi connectivity index (χ2v) is 8.12. The van der Waals surface area contributed by atoms with Gasteiger partial charge in [0.15, 0.2) is 6.04 Å². The molecular weight excluding hydrogens is 421 g/mol. The SMILES string of the molecule is CCCN(CC1CC1)C(=O)c1ccc(N=NC2C(=O)Nc3c2cccc3C(F)(F)F)cc1. The number of anilines is 1. The maximum absolute atomic E-state index is 13.2. The Morgan fingerprint density at radius 1 is 1.16 bits per heavy atom. The Morgan fingerprint density at radius 2 is 1.88 bits per heavy atom. The molecule has 32 heavy (non-hydrogen) atoms. The van der Waals surface area contributed by atoms with Crippen LogP contribution in [-0.2, 0) is 11.0 Å². The van der Waals surface area contributed by atoms with Crippen LogP contribution in [0.4, 0.5) is 24.5 Å². The molecule has 2 aromatic carbocycles. The summed E-state index contributed by atoms with van der Waals surface area (Å²) in [4.78, 5) is 26.9. The number of rotatable bonds is 7. The molecule has 0 aromatic heterocycles. The Balaban J connectivity index is 1.49. The van der Waals surface area contributed by atoms with E-state index in [0.717, 1.165) is 31.9 Å². The summed E-state index contributed by atoms with van der Waals surface area (Å²) in [5, 5.41) is 10.3. The molecular formula is C23H23F3N4O2. The van der Waals surface area contributed by atoms with Crippen LogP contribution >= 0.6 is 0 Å². The van der Waals surface area contributed by atoms with E-state index >= 15 is 0 Å². The Morgan fingerprint density at radius 3 is 2.50 bits per heavy atom. The second kappa shape index (κ2) is 8.72. The molecule has 0 bridgehead atoms. The van der Waals surface area contributed by atoms with Gasteiger partial charge in [-0.1, -0.05) is 19.1 Å². The van der Waals surface area contributed by atoms with Crippen molar-refractivity contribution in [2.45, 2.75) is 38.4 Å². The highest BCUT2D eigenvalue weighted by molar-refractivity contribution is 6.03. The van der Waals surface area contributed by atoms with Crippen molar-refractivity contribution in [2.75, 3.05) is 18.4 Å². The molecule has 1 N–H and O–H groups in total. The quantitative estimate of drug-likeness (QED) is 0.553. The second-order valence-electron chi connectivity index (χ2n) is 8.12. The van der Waals surface area contributed by atoms with Crippen molar-refractivity contribution in [3.8, 4) is 0 Å². The number of hydrogen-bond acceptors (Lipinski definition) is 4. The molecule has 2 aliphatic rings. The number of carbonyl (C=O) groups excluding carboxylic acids is 2. The van der Waals surface area contributed by atoms with Gasteiger partial charge in [-0.15, -0.1) is 0 Å². The Kier molecular flexibility index (Phi) is 5.99. The molecule has 4 rings (SSSR count). The number of nitrogens with one attached hydrogen (secondary N) is 1. The number of carbonyl (C=O) groups is 2. The number of nitrogens with zero attached hydrogens (tertiary/aromatic N) is 3. The number of para-hydroxylation sites is 1. The van der Waals surface area contributed by atoms with E-state index in [0.29, 0.717) is 23.7 Å². The van der Waals surface area contributed by atoms with Gasteiger partial charge >= 0.3 is 6.18 Å². The molecule has 0 radical (unpaired) electrons. The molecule has 1 unspecified atom stereocenters. The monoisotopic (exact) mass is 444 g/mol. The van der Waals surface area contributed by atoms with Crippen molar-refractivity contribution < 1.29 is 22.8 Å². The fourth-order valence-electron chi connectivity index (χ4n) is 3.76. The number of fused-ring (bicyclic) bond motifs is 1. The van der Waals surface area contributed by atoms with E-state index in [1.807, 2.05) is 11.8 Å². The third-order valence-corrected chi connectivity index (χ3v) is 5.55. The molecule has 1 saturated carbocycles. The van der Waals surface area contributed by atoms with E-state index in [1.165, 1.54) is 12.1 Å². The van der Waals surface area contributed by atoms with Crippen LogP contribution in [0, 0.1) is 5.92 Å². The average Bonchev–Trinajstić information content (AvgIpc) is 3.51. The molecule has 2 aromatic rings. The maximum Gasteiger partial charge on any atom is 0.418 e. The predicted octanol–water partition coefficient (Wildman–Crippen LogP) is 5.74. The van der Waals surface area contributed by atoms with Gasteiger partial charge in [-0.3, -0.25) is 9.59 Å². The third-order valence-electron chi connectivity index (χ3n) is 5.55. The normalized spacial score (nSPS) is 18.0. The van der Waals surface area contributed by atoms with Gasteiger partial charge in [-0.05, 0) is 55.5 Å². The predicted molar refractivity (Wildman–Crippen MR) is 113 cm³/mol. The van der Waals surface area contributed by atoms with E-state index in [-0.39, 0.29) is 17.2 Å². The molecule has 168 valence electrons. The first-order valence-electron chi connectivity index (χ1n) is 10.6. The van der Waals surface area contributed by atoms with Crippen LogP contribution in [0.3, 0.4) is 0 Å². The number of azo groups is 1. The van der Waals surface area contributed by atoms with Crippen molar-refractivity contribution in [3.05, 3.63) is 59.2 Å². The number of amides is 2. The van der Waals surface area contributed by atoms with Crippen LogP contribution in [0.1, 0.15) is 53.7 Å². The van der Waals surface area contributed by atoms with Gasteiger partial charge < -0.3 is 10.2 Å². The van der Waals surface area contributed by atoms with Crippen LogP contribution in [-0.4, -0.2) is 29.8 Å². The average molecular weight is 444 g/mol. The number of benzene rings is 2. The highest BCUT2D eigenvalue weighted by Crippen LogP contribution is 2.43. The van der Waals surface area contributed by atoms with E-state index in [9.17, 15) is 22.8 Å². The van der Waals surface area contributed by atoms with Gasteiger partial charge in [0.2, 0.25) is 0 Å². The number of halogens is 3. The van der Waals surface area contributed by atoms with E-state index in [1.54, 1.807) is 24.3 Å². The van der Waals surface area contributed by atoms with Gasteiger partial charge in [-0.2, -0.15) is 23.4 Å². The lowest BCUT2D eigenvalue weighted by atomic mass is 10.0. The van der Waals surface area contributed by atoms with Crippen LogP contribution < -0.4 is 5.32 Å². The third kappa shape index (κ3) is 4.66. The summed E-state index contributed by atoms with van der Waals surface area (Å²) in [7, 11) is 0. The minimum atomic E-state index is -4.59. The Labute approximate surface area is 183 Å². The first-order chi connectivity index (χ1) is 15.3. The van der Waals surface area contributed by atoms with Crippen LogP contribution in [0.5, 0.6) is 0 Å². The van der Waals surface area contributed by atoms with Crippen LogP contribution in [0.25, 0.3) is 0 Å². The summed E-state index contributed by atoms with van der Waals surface area (Å²) in [5.41, 5.74) is -0.111. The van der Waals surface area contributed by atoms with E-state index in [4.69, 9.17) is 0 Å². The van der Waals surface area contributed by atoms with Crippen molar-refractivity contribution in [3.63, 3.8) is 0 Å². The van der Waals surface area contributed by atoms with E-state index < -0.39 is 23.7 Å². The zero-order valence-corrected chi connectivity index (χ0v) is 17.5. The first kappa shape index (κ1) is 22.0. The number of hydrogen-bond donors (Lipinski definition) is 1. The molecule has 0 saturated heterocycles. The van der Waals surface area contributed by atoms with Gasteiger partial charge in [-0.25, -0.2) is 0 Å². The van der Waals surface area contributed by atoms with Gasteiger partial charge in [0.1, 0.15) is 0 Å². The van der Waals surface area contributed by atoms with Crippen molar-refractivity contribution in [1.29, 1.82) is 0 Å². The Bertz CT molecular complexity index is 1050. The lowest BCUT2D eigenvalue weighted by molar-refractivity contribution is -0.136. The summed E-state index contributed by atoms with van der Waals surface area (Å²) in [6.45, 7) is 3.50. The Hall–Kier alpha value is -3.23. The van der Waals surface area contributed by atoms with Gasteiger partial charge in [0.05, 0.1) is 16.9 Å². The first-order valence-corrected chi connectivity index (χ1v) is 10.6. The zero-order valence-electron chi connectivity index (χ0n) is 17.5. The fraction of sp³-hybridized carbons (Fsp3) is 0.391. The van der Waals surface area contributed by atoms with Crippen molar-refractivity contribution in [1.82, 2.24) is 4.90 Å². The lowest BCUT2D eigenvalue weighted by Crippen LogP contribution is -2.33. The fourth-order valence-corrected chi connectivity index (χ4v) is 3.76. The summed E-state index contributed by atoms with van der Waals surface area (Å²) >= 11 is 0. The maximum atomic E-state index is 13.2. The number of alkyl halides is 3. The summed E-state index contributed by atoms with van der Waals surface area (Å²) < 4.78 is 39.6. The topological polar surface area (TPSA) is 74.1 Å². The summed E-state index contributed by atoms with van der Waals surface area (Å²) in [5.74, 6) is -0.106. The standard InChI is InChI=1S/C23H23F3N4O2/c1-2-12-30(13-14-6-7-14)22(32)15-8-10-16(11-9-15)28-29-20-17-4-3-5-18(23(24,25)26)19(17)27-21(20)31/h3-5,8-11,14,20H,2,6-7,12-13H2,1H3,(H,27,31). The largest absolute Gasteiger partial charge is 0.418 e. The molecule has 9 heteroatoms. The highest BCUT2D eigenvalue weighted by Gasteiger charge is 2.40. The molecule has 1 atom stereocenters. The lowest BCUT2D eigenvalue weighted by Gasteiger charge is -2.22. The molecule has 0 spiro atoms. The van der Waals surface area contributed by atoms with Crippen molar-refractivity contribution in [2.24, 2.45) is 16.1 Å². The van der Waals surface area contributed by atoms with Crippen molar-refractivity contribution >= 4 is 23.2 Å². The van der Waals surface area contributed by atoms with Gasteiger partial charge in [0.25, 0.3) is 11.8 Å². The summed E-state index contributed by atoms with van der Waals surface area (Å²) in [6.07, 6.45) is -1.38. The minimum Gasteiger partial charge on any atom is -0.338 e. The highest BCUT2D eigenvalue weighted by atomic mass is 19.4. The zero-order chi connectivity index (χ0) is 22.9. The molecule has 2 amide bonds. The molecule has 6 nitrogen and oxygen atoms in total. The van der Waals surface area contributed by atoms with E-state index in [2.05, 4.69) is 15.5 Å². The minimum absolute atomic E-state index is 0.0361. The molecule has 1 heterocycles. The summed E-state index contributed by atoms with van der Waals surface area (Å²) in [6, 6.07) is 8.94. The molecule has 1 aliphatic carbocycles. The molecule has 1 aliphatic heterocycles. The van der Waals surface area contributed by atoms with Crippen LogP contribution in [0.2, 0.25) is 0 Å². The van der Waals surface area contributed by atoms with Gasteiger partial charge in [0, 0.05) is 24.2 Å². The molecule has 1 fully saturated rings. The van der Waals surface area contributed by atoms with Crippen LogP contribution in [0.15, 0.2) is 52.7 Å². The smallest absolute Gasteiger partial charge is 0.338 e.